The molecule has 0 saturated heterocycles. The quantitative estimate of drug-likeness (QED) is 0.243. The summed E-state index contributed by atoms with van der Waals surface area (Å²) in [5.41, 5.74) is 7.24. The van der Waals surface area contributed by atoms with Gasteiger partial charge < -0.3 is 9.88 Å². The Labute approximate surface area is 191 Å². The van der Waals surface area contributed by atoms with Crippen molar-refractivity contribution in [1.29, 1.82) is 0 Å². The molecule has 0 aliphatic carbocycles. The van der Waals surface area contributed by atoms with Gasteiger partial charge in [-0.05, 0) is 42.7 Å². The summed E-state index contributed by atoms with van der Waals surface area (Å²) in [5, 5.41) is 17.3. The van der Waals surface area contributed by atoms with Crippen LogP contribution in [0.25, 0.3) is 21.8 Å². The molecule has 0 amide bonds. The molecule has 162 valence electrons. The first-order chi connectivity index (χ1) is 16.1. The number of nitrogens with zero attached hydrogens (tertiary/aromatic N) is 2. The van der Waals surface area contributed by atoms with E-state index in [9.17, 15) is 10.1 Å². The van der Waals surface area contributed by atoms with Crippen LogP contribution < -0.4 is 5.32 Å². The third kappa shape index (κ3) is 3.16. The van der Waals surface area contributed by atoms with Crippen molar-refractivity contribution in [2.75, 3.05) is 5.32 Å². The number of rotatable bonds is 3. The Morgan fingerprint density at radius 1 is 0.879 bits per heavy atom. The Morgan fingerprint density at radius 2 is 1.52 bits per heavy atom. The normalized spacial score (nSPS) is 17.6. The topological polar surface area (TPSA) is 60.1 Å². The number of fused-ring (bicyclic) bond motifs is 4. The Balaban J connectivity index is 1.55. The molecule has 1 aliphatic rings. The fourth-order valence-electron chi connectivity index (χ4n) is 5.27. The van der Waals surface area contributed by atoms with Gasteiger partial charge in [0.15, 0.2) is 0 Å². The number of hydrogen-bond acceptors (Lipinski definition) is 3. The predicted molar refractivity (Wildman–Crippen MR) is 133 cm³/mol. The summed E-state index contributed by atoms with van der Waals surface area (Å²) >= 11 is 0. The zero-order valence-corrected chi connectivity index (χ0v) is 18.2. The van der Waals surface area contributed by atoms with E-state index in [4.69, 9.17) is 0 Å². The van der Waals surface area contributed by atoms with Crippen LogP contribution in [0.5, 0.6) is 0 Å². The zero-order chi connectivity index (χ0) is 22.5. The molecule has 1 N–H and O–H groups in total. The second kappa shape index (κ2) is 7.48. The molecule has 1 aliphatic heterocycles. The van der Waals surface area contributed by atoms with Crippen molar-refractivity contribution in [3.63, 3.8) is 0 Å². The molecule has 6 rings (SSSR count). The molecule has 0 fully saturated rings. The molecule has 5 aromatic rings. The second-order valence-corrected chi connectivity index (χ2v) is 8.79. The Hall–Kier alpha value is -4.12. The summed E-state index contributed by atoms with van der Waals surface area (Å²) in [6.07, 6.45) is 0.844. The van der Waals surface area contributed by atoms with E-state index < -0.39 is 0 Å². The van der Waals surface area contributed by atoms with Crippen LogP contribution >= 0.6 is 0 Å². The lowest BCUT2D eigenvalue weighted by Crippen LogP contribution is -2.25. The van der Waals surface area contributed by atoms with Crippen LogP contribution in [0, 0.1) is 17.0 Å². The first-order valence-corrected chi connectivity index (χ1v) is 11.2. The molecule has 0 radical (unpaired) electrons. The molecule has 5 heteroatoms. The number of nitro benzene ring substituents is 1. The van der Waals surface area contributed by atoms with Crippen molar-refractivity contribution in [1.82, 2.24) is 4.57 Å². The van der Waals surface area contributed by atoms with Crippen molar-refractivity contribution < 1.29 is 4.92 Å². The van der Waals surface area contributed by atoms with Gasteiger partial charge in [0.05, 0.1) is 17.0 Å². The van der Waals surface area contributed by atoms with E-state index in [2.05, 4.69) is 83.5 Å². The molecule has 0 spiro atoms. The number of aryl methyl sites for hydroxylation is 1. The average Bonchev–Trinajstić information content (AvgIpc) is 3.18. The second-order valence-electron chi connectivity index (χ2n) is 8.79. The van der Waals surface area contributed by atoms with E-state index in [1.165, 1.54) is 32.9 Å². The van der Waals surface area contributed by atoms with Crippen LogP contribution in [0.3, 0.4) is 0 Å². The third-order valence-corrected chi connectivity index (χ3v) is 6.79. The minimum Gasteiger partial charge on any atom is -0.378 e. The highest BCUT2D eigenvalue weighted by Crippen LogP contribution is 2.45. The SMILES string of the molecule is Cc1ccc2c(c1)[C@H](n1c3ccccc3c3ccccc31)C[C@@H](c1ccc([N+](=O)[O-])cc1)N2. The van der Waals surface area contributed by atoms with Crippen molar-refractivity contribution in [3.05, 3.63) is 118 Å². The van der Waals surface area contributed by atoms with Crippen LogP contribution in [0.1, 0.15) is 35.2 Å². The molecule has 0 unspecified atom stereocenters. The largest absolute Gasteiger partial charge is 0.378 e. The number of aromatic nitrogens is 1. The molecule has 4 aromatic carbocycles. The maximum absolute atomic E-state index is 11.1. The molecule has 33 heavy (non-hydrogen) atoms. The van der Waals surface area contributed by atoms with Crippen molar-refractivity contribution in [2.45, 2.75) is 25.4 Å². The van der Waals surface area contributed by atoms with Gasteiger partial charge in [0.2, 0.25) is 0 Å². The van der Waals surface area contributed by atoms with Crippen LogP contribution in [0.15, 0.2) is 91.0 Å². The number of nitro groups is 1. The molecule has 0 bridgehead atoms. The van der Waals surface area contributed by atoms with Gasteiger partial charge >= 0.3 is 0 Å². The maximum atomic E-state index is 11.1. The highest BCUT2D eigenvalue weighted by Gasteiger charge is 2.31. The molecular formula is C28H23N3O2. The van der Waals surface area contributed by atoms with E-state index in [1.54, 1.807) is 12.1 Å². The minimum atomic E-state index is -0.350. The molecule has 1 aromatic heterocycles. The standard InChI is InChI=1S/C28H23N3O2/c1-18-10-15-24-23(16-18)28(17-25(29-24)19-11-13-20(14-12-19)31(32)33)30-26-8-4-2-6-21(26)22-7-3-5-9-27(22)30/h2-16,25,28-29H,17H2,1H3/t25-,28+/m0/s1. The Kier molecular flexibility index (Phi) is 4.44. The number of para-hydroxylation sites is 2. The summed E-state index contributed by atoms with van der Waals surface area (Å²) in [5.74, 6) is 0. The van der Waals surface area contributed by atoms with Gasteiger partial charge in [-0.1, -0.05) is 66.2 Å². The van der Waals surface area contributed by atoms with Gasteiger partial charge in [-0.3, -0.25) is 10.1 Å². The first-order valence-electron chi connectivity index (χ1n) is 11.2. The van der Waals surface area contributed by atoms with Gasteiger partial charge in [-0.2, -0.15) is 0 Å². The maximum Gasteiger partial charge on any atom is 0.269 e. The Morgan fingerprint density at radius 3 is 2.15 bits per heavy atom. The van der Waals surface area contributed by atoms with E-state index in [-0.39, 0.29) is 22.7 Å². The fraction of sp³-hybridized carbons (Fsp3) is 0.143. The van der Waals surface area contributed by atoms with Gasteiger partial charge in [0.25, 0.3) is 5.69 Å². The number of nitrogens with one attached hydrogen (secondary N) is 1. The molecule has 5 nitrogen and oxygen atoms in total. The average molecular weight is 434 g/mol. The van der Waals surface area contributed by atoms with Crippen LogP contribution in [-0.2, 0) is 0 Å². The summed E-state index contributed by atoms with van der Waals surface area (Å²) in [7, 11) is 0. The van der Waals surface area contributed by atoms with E-state index in [0.717, 1.165) is 17.7 Å². The van der Waals surface area contributed by atoms with Crippen molar-refractivity contribution >= 4 is 33.2 Å². The lowest BCUT2D eigenvalue weighted by Gasteiger charge is -2.35. The summed E-state index contributed by atoms with van der Waals surface area (Å²) < 4.78 is 2.47. The number of benzene rings is 4. The van der Waals surface area contributed by atoms with Gasteiger partial charge in [-0.25, -0.2) is 0 Å². The minimum absolute atomic E-state index is 0.0472. The summed E-state index contributed by atoms with van der Waals surface area (Å²) in [6, 6.07) is 30.9. The highest BCUT2D eigenvalue weighted by molar-refractivity contribution is 6.08. The van der Waals surface area contributed by atoms with Crippen LogP contribution in [-0.4, -0.2) is 9.49 Å². The van der Waals surface area contributed by atoms with Crippen molar-refractivity contribution in [3.8, 4) is 0 Å². The lowest BCUT2D eigenvalue weighted by molar-refractivity contribution is -0.384. The summed E-state index contributed by atoms with van der Waals surface area (Å²) in [4.78, 5) is 10.8. The smallest absolute Gasteiger partial charge is 0.269 e. The highest BCUT2D eigenvalue weighted by atomic mass is 16.6. The number of anilines is 1. The van der Waals surface area contributed by atoms with Crippen LogP contribution in [0.2, 0.25) is 0 Å². The predicted octanol–water partition coefficient (Wildman–Crippen LogP) is 7.16. The van der Waals surface area contributed by atoms with E-state index >= 15 is 0 Å². The monoisotopic (exact) mass is 433 g/mol. The molecule has 0 saturated carbocycles. The first kappa shape index (κ1) is 19.6. The fourth-order valence-corrected chi connectivity index (χ4v) is 5.27. The summed E-state index contributed by atoms with van der Waals surface area (Å²) in [6.45, 7) is 2.13. The Bertz CT molecular complexity index is 1460. The lowest BCUT2D eigenvalue weighted by atomic mass is 9.88. The van der Waals surface area contributed by atoms with Crippen molar-refractivity contribution in [2.24, 2.45) is 0 Å². The number of non-ortho nitro benzene ring substituents is 1. The molecular weight excluding hydrogens is 410 g/mol. The van der Waals surface area contributed by atoms with E-state index in [0.29, 0.717) is 0 Å². The van der Waals surface area contributed by atoms with Gasteiger partial charge in [0, 0.05) is 39.6 Å². The van der Waals surface area contributed by atoms with Crippen LogP contribution in [0.4, 0.5) is 11.4 Å². The molecule has 2 atom stereocenters. The van der Waals surface area contributed by atoms with Gasteiger partial charge in [-0.15, -0.1) is 0 Å². The number of hydrogen-bond donors (Lipinski definition) is 1. The molecule has 2 heterocycles. The zero-order valence-electron chi connectivity index (χ0n) is 18.2. The third-order valence-electron chi connectivity index (χ3n) is 6.79. The van der Waals surface area contributed by atoms with E-state index in [1.807, 2.05) is 12.1 Å². The van der Waals surface area contributed by atoms with Gasteiger partial charge in [0.1, 0.15) is 0 Å².